The fraction of sp³-hybridized carbons (Fsp3) is 0.280. The van der Waals surface area contributed by atoms with Gasteiger partial charge in [0.1, 0.15) is 0 Å². The largest absolute Gasteiger partial charge is 0.350 e. The average molecular weight is 359 g/mol. The lowest BCUT2D eigenvalue weighted by molar-refractivity contribution is 0.400. The molecule has 0 saturated carbocycles. The highest BCUT2D eigenvalue weighted by atomic mass is 15.1. The van der Waals surface area contributed by atoms with Crippen molar-refractivity contribution in [2.75, 3.05) is 13.1 Å². The summed E-state index contributed by atoms with van der Waals surface area (Å²) in [4.78, 5) is 2.34. The monoisotopic (exact) mass is 358 g/mol. The molecule has 0 aliphatic carbocycles. The van der Waals surface area contributed by atoms with Gasteiger partial charge in [0, 0.05) is 30.9 Å². The summed E-state index contributed by atoms with van der Waals surface area (Å²) < 4.78 is 0. The van der Waals surface area contributed by atoms with Gasteiger partial charge in [-0.3, -0.25) is 0 Å². The molecule has 1 heterocycles. The first kappa shape index (κ1) is 19.2. The topological polar surface area (TPSA) is 29.3 Å². The fourth-order valence-corrected chi connectivity index (χ4v) is 3.68. The summed E-state index contributed by atoms with van der Waals surface area (Å²) in [7, 11) is 0. The Hall–Kier alpha value is -2.58. The van der Waals surface area contributed by atoms with Gasteiger partial charge >= 0.3 is 0 Å². The third-order valence-electron chi connectivity index (χ3n) is 5.16. The molecule has 1 aliphatic rings. The zero-order chi connectivity index (χ0) is 19.1. The summed E-state index contributed by atoms with van der Waals surface area (Å²) in [6, 6.07) is 21.3. The number of nitrogens with zero attached hydrogens (tertiary/aromatic N) is 1. The first-order chi connectivity index (χ1) is 13.2. The molecular weight excluding hydrogens is 328 g/mol. The van der Waals surface area contributed by atoms with E-state index >= 15 is 0 Å². The predicted molar refractivity (Wildman–Crippen MR) is 115 cm³/mol. The van der Waals surface area contributed by atoms with Crippen LogP contribution in [-0.2, 0) is 12.8 Å². The van der Waals surface area contributed by atoms with Crippen LogP contribution in [0.5, 0.6) is 0 Å². The summed E-state index contributed by atoms with van der Waals surface area (Å²) in [5.74, 6) is 0.419. The normalized spacial score (nSPS) is 15.3. The van der Waals surface area contributed by atoms with Crippen LogP contribution in [-0.4, -0.2) is 18.0 Å². The minimum absolute atomic E-state index is 0.419. The number of rotatable bonds is 8. The van der Waals surface area contributed by atoms with E-state index in [-0.39, 0.29) is 0 Å². The molecule has 0 amide bonds. The van der Waals surface area contributed by atoms with E-state index in [9.17, 15) is 0 Å². The second-order valence-corrected chi connectivity index (χ2v) is 7.31. The molecule has 1 atom stereocenters. The summed E-state index contributed by atoms with van der Waals surface area (Å²) in [6.07, 6.45) is 7.60. The third kappa shape index (κ3) is 5.21. The lowest BCUT2D eigenvalue weighted by Gasteiger charge is -2.33. The molecule has 2 heteroatoms. The van der Waals surface area contributed by atoms with Crippen LogP contribution in [0.1, 0.15) is 24.5 Å². The van der Waals surface area contributed by atoms with Crippen LogP contribution in [0.15, 0.2) is 96.4 Å². The molecule has 2 aromatic rings. The van der Waals surface area contributed by atoms with E-state index in [1.807, 2.05) is 0 Å². The summed E-state index contributed by atoms with van der Waals surface area (Å²) in [5.41, 5.74) is 12.4. The molecule has 2 N–H and O–H groups in total. The van der Waals surface area contributed by atoms with E-state index in [0.717, 1.165) is 31.4 Å². The molecule has 3 rings (SSSR count). The van der Waals surface area contributed by atoms with E-state index < -0.39 is 0 Å². The Morgan fingerprint density at radius 3 is 2.19 bits per heavy atom. The Morgan fingerprint density at radius 1 is 0.926 bits per heavy atom. The summed E-state index contributed by atoms with van der Waals surface area (Å²) in [6.45, 7) is 8.11. The number of allylic oxidation sites excluding steroid dienone is 4. The minimum atomic E-state index is 0.419. The van der Waals surface area contributed by atoms with Crippen LogP contribution in [0.25, 0.3) is 0 Å². The SMILES string of the molecule is C=C1C=C(C(C)Cc2ccccc2)N(CCN)C=C1CCc1ccccc1. The third-order valence-corrected chi connectivity index (χ3v) is 5.16. The quantitative estimate of drug-likeness (QED) is 0.711. The first-order valence-corrected chi connectivity index (χ1v) is 9.83. The molecule has 0 bridgehead atoms. The summed E-state index contributed by atoms with van der Waals surface area (Å²) >= 11 is 0. The second kappa shape index (κ2) is 9.38. The van der Waals surface area contributed by atoms with Crippen molar-refractivity contribution in [3.8, 4) is 0 Å². The molecule has 1 aliphatic heterocycles. The van der Waals surface area contributed by atoms with Crippen molar-refractivity contribution in [3.63, 3.8) is 0 Å². The molecular formula is C25H30N2. The van der Waals surface area contributed by atoms with Crippen molar-refractivity contribution in [2.24, 2.45) is 11.7 Å². The smallest absolute Gasteiger partial charge is 0.0345 e. The van der Waals surface area contributed by atoms with Gasteiger partial charge in [0.25, 0.3) is 0 Å². The highest BCUT2D eigenvalue weighted by molar-refractivity contribution is 5.44. The van der Waals surface area contributed by atoms with Crippen LogP contribution >= 0.6 is 0 Å². The van der Waals surface area contributed by atoms with E-state index in [1.54, 1.807) is 0 Å². The van der Waals surface area contributed by atoms with Crippen molar-refractivity contribution in [1.82, 2.24) is 4.90 Å². The molecule has 2 nitrogen and oxygen atoms in total. The van der Waals surface area contributed by atoms with Crippen molar-refractivity contribution in [2.45, 2.75) is 26.2 Å². The predicted octanol–water partition coefficient (Wildman–Crippen LogP) is 5.10. The number of aryl methyl sites for hydroxylation is 1. The highest BCUT2D eigenvalue weighted by Gasteiger charge is 2.20. The van der Waals surface area contributed by atoms with Crippen LogP contribution in [0, 0.1) is 5.92 Å². The van der Waals surface area contributed by atoms with Crippen molar-refractivity contribution >= 4 is 0 Å². The molecule has 140 valence electrons. The van der Waals surface area contributed by atoms with Gasteiger partial charge in [-0.25, -0.2) is 0 Å². The van der Waals surface area contributed by atoms with Gasteiger partial charge in [-0.05, 0) is 47.6 Å². The van der Waals surface area contributed by atoms with E-state index in [0.29, 0.717) is 12.5 Å². The van der Waals surface area contributed by atoms with Gasteiger partial charge in [-0.2, -0.15) is 0 Å². The standard InChI is InChI=1S/C25H30N2/c1-20-18-25(21(2)17-23-11-7-4-8-12-23)27(16-15-26)19-24(20)14-13-22-9-5-3-6-10-22/h3-12,18-19,21H,1,13-17,26H2,2H3. The number of hydrogen-bond acceptors (Lipinski definition) is 2. The molecule has 2 aromatic carbocycles. The Kier molecular flexibility index (Phi) is 6.67. The van der Waals surface area contributed by atoms with Crippen molar-refractivity contribution in [3.05, 3.63) is 107 Å². The highest BCUT2D eigenvalue weighted by Crippen LogP contribution is 2.30. The fourth-order valence-electron chi connectivity index (χ4n) is 3.68. The van der Waals surface area contributed by atoms with Gasteiger partial charge < -0.3 is 10.6 Å². The van der Waals surface area contributed by atoms with Gasteiger partial charge in [-0.15, -0.1) is 0 Å². The van der Waals surface area contributed by atoms with Crippen LogP contribution in [0.3, 0.4) is 0 Å². The Labute approximate surface area is 163 Å². The lowest BCUT2D eigenvalue weighted by Crippen LogP contribution is -2.30. The number of benzene rings is 2. The maximum absolute atomic E-state index is 5.90. The maximum Gasteiger partial charge on any atom is 0.0345 e. The van der Waals surface area contributed by atoms with E-state index in [1.165, 1.54) is 22.4 Å². The van der Waals surface area contributed by atoms with Gasteiger partial charge in [0.2, 0.25) is 0 Å². The Bertz CT molecular complexity index is 803. The molecule has 27 heavy (non-hydrogen) atoms. The van der Waals surface area contributed by atoms with Crippen molar-refractivity contribution < 1.29 is 0 Å². The second-order valence-electron chi connectivity index (χ2n) is 7.31. The molecule has 0 fully saturated rings. The molecule has 0 radical (unpaired) electrons. The molecule has 0 spiro atoms. The minimum Gasteiger partial charge on any atom is -0.350 e. The molecule has 0 aromatic heterocycles. The van der Waals surface area contributed by atoms with Crippen LogP contribution < -0.4 is 5.73 Å². The number of hydrogen-bond donors (Lipinski definition) is 1. The lowest BCUT2D eigenvalue weighted by atomic mass is 9.91. The zero-order valence-electron chi connectivity index (χ0n) is 16.3. The molecule has 1 unspecified atom stereocenters. The van der Waals surface area contributed by atoms with Gasteiger partial charge in [0.15, 0.2) is 0 Å². The Morgan fingerprint density at radius 2 is 1.56 bits per heavy atom. The van der Waals surface area contributed by atoms with E-state index in [2.05, 4.69) is 91.3 Å². The van der Waals surface area contributed by atoms with Gasteiger partial charge in [-0.1, -0.05) is 74.2 Å². The van der Waals surface area contributed by atoms with Gasteiger partial charge in [0.05, 0.1) is 0 Å². The summed E-state index contributed by atoms with van der Waals surface area (Å²) in [5, 5.41) is 0. The van der Waals surface area contributed by atoms with Crippen molar-refractivity contribution in [1.29, 1.82) is 0 Å². The van der Waals surface area contributed by atoms with E-state index in [4.69, 9.17) is 5.73 Å². The van der Waals surface area contributed by atoms with Crippen LogP contribution in [0.2, 0.25) is 0 Å². The maximum atomic E-state index is 5.90. The zero-order valence-corrected chi connectivity index (χ0v) is 16.3. The first-order valence-electron chi connectivity index (χ1n) is 9.83. The average Bonchev–Trinajstić information content (AvgIpc) is 2.69. The number of nitrogens with two attached hydrogens (primary N) is 1. The molecule has 0 saturated heterocycles. The van der Waals surface area contributed by atoms with Crippen LogP contribution in [0.4, 0.5) is 0 Å². The Balaban J connectivity index is 1.71.